The lowest BCUT2D eigenvalue weighted by Crippen LogP contribution is -2.40. The number of rotatable bonds is 9. The van der Waals surface area contributed by atoms with Crippen molar-refractivity contribution in [2.24, 2.45) is 0 Å². The van der Waals surface area contributed by atoms with Gasteiger partial charge in [-0.3, -0.25) is 5.10 Å². The second-order valence-corrected chi connectivity index (χ2v) is 6.21. The molecule has 0 saturated heterocycles. The zero-order chi connectivity index (χ0) is 14.3. The maximum atomic E-state index is 12.1. The zero-order valence-corrected chi connectivity index (χ0v) is 12.5. The molecule has 0 aliphatic carbocycles. The molecule has 0 amide bonds. The lowest BCUT2D eigenvalue weighted by Gasteiger charge is -2.20. The summed E-state index contributed by atoms with van der Waals surface area (Å²) in [6.45, 7) is 6.00. The highest BCUT2D eigenvalue weighted by Crippen LogP contribution is 2.11. The van der Waals surface area contributed by atoms with Crippen LogP contribution in [0, 0.1) is 0 Å². The Kier molecular flexibility index (Phi) is 6.43. The molecule has 110 valence electrons. The highest BCUT2D eigenvalue weighted by atomic mass is 32.2. The van der Waals surface area contributed by atoms with Crippen molar-refractivity contribution in [3.05, 3.63) is 18.0 Å². The van der Waals surface area contributed by atoms with Gasteiger partial charge in [-0.15, -0.1) is 0 Å². The molecule has 0 aliphatic rings. The van der Waals surface area contributed by atoms with Crippen molar-refractivity contribution in [2.45, 2.75) is 26.3 Å². The second kappa shape index (κ2) is 7.59. The Hall–Kier alpha value is -0.960. The Labute approximate surface area is 115 Å². The molecule has 0 aromatic carbocycles. The zero-order valence-electron chi connectivity index (χ0n) is 11.7. The van der Waals surface area contributed by atoms with Crippen LogP contribution in [0.15, 0.2) is 12.4 Å². The summed E-state index contributed by atoms with van der Waals surface area (Å²) in [5, 5.41) is 9.64. The molecule has 3 N–H and O–H groups in total. The molecule has 7 nitrogen and oxygen atoms in total. The Balaban J connectivity index is 2.46. The molecule has 1 rings (SSSR count). The molecular weight excluding hydrogens is 266 g/mol. The molecule has 0 fully saturated rings. The Bertz CT molecular complexity index is 446. The van der Waals surface area contributed by atoms with E-state index in [0.29, 0.717) is 6.54 Å². The molecular formula is C11H23N5O2S. The maximum Gasteiger partial charge on any atom is 0.279 e. The van der Waals surface area contributed by atoms with E-state index in [2.05, 4.69) is 20.2 Å². The third-order valence-electron chi connectivity index (χ3n) is 2.83. The number of H-pyrrole nitrogens is 1. The van der Waals surface area contributed by atoms with Crippen LogP contribution >= 0.6 is 0 Å². The second-order valence-electron chi connectivity index (χ2n) is 4.40. The fourth-order valence-corrected chi connectivity index (χ4v) is 2.74. The van der Waals surface area contributed by atoms with Crippen LogP contribution in [0.2, 0.25) is 0 Å². The highest BCUT2D eigenvalue weighted by molar-refractivity contribution is 7.87. The molecule has 8 heteroatoms. The standard InChI is InChI=1S/C11H23N5O2S/c1-4-12-6-5-7-16(3)19(17,18)15-10(2)11-8-13-14-9-11/h8-10,12,15H,4-7H2,1-3H3,(H,13,14). The summed E-state index contributed by atoms with van der Waals surface area (Å²) in [5.74, 6) is 0. The van der Waals surface area contributed by atoms with Crippen molar-refractivity contribution in [3.63, 3.8) is 0 Å². The van der Waals surface area contributed by atoms with Gasteiger partial charge in [0, 0.05) is 31.4 Å². The molecule has 0 bridgehead atoms. The topological polar surface area (TPSA) is 90.1 Å². The van der Waals surface area contributed by atoms with Crippen molar-refractivity contribution >= 4 is 10.2 Å². The largest absolute Gasteiger partial charge is 0.317 e. The molecule has 1 aromatic heterocycles. The number of hydrogen-bond donors (Lipinski definition) is 3. The van der Waals surface area contributed by atoms with E-state index in [9.17, 15) is 8.42 Å². The van der Waals surface area contributed by atoms with E-state index in [1.165, 1.54) is 4.31 Å². The van der Waals surface area contributed by atoms with Gasteiger partial charge in [0.25, 0.3) is 10.2 Å². The maximum absolute atomic E-state index is 12.1. The number of nitrogens with one attached hydrogen (secondary N) is 3. The van der Waals surface area contributed by atoms with E-state index < -0.39 is 10.2 Å². The van der Waals surface area contributed by atoms with Crippen LogP contribution in [0.25, 0.3) is 0 Å². The fourth-order valence-electron chi connectivity index (χ4n) is 1.60. The van der Waals surface area contributed by atoms with Gasteiger partial charge in [0.15, 0.2) is 0 Å². The number of aromatic amines is 1. The van der Waals surface area contributed by atoms with Crippen molar-refractivity contribution in [1.82, 2.24) is 24.5 Å². The van der Waals surface area contributed by atoms with Crippen LogP contribution in [0.5, 0.6) is 0 Å². The normalized spacial score (nSPS) is 13.9. The quantitative estimate of drug-likeness (QED) is 0.568. The van der Waals surface area contributed by atoms with Crippen molar-refractivity contribution < 1.29 is 8.42 Å². The Morgan fingerprint density at radius 2 is 2.26 bits per heavy atom. The molecule has 1 unspecified atom stereocenters. The van der Waals surface area contributed by atoms with E-state index >= 15 is 0 Å². The molecule has 1 atom stereocenters. The average Bonchev–Trinajstić information content (AvgIpc) is 2.87. The van der Waals surface area contributed by atoms with Crippen molar-refractivity contribution in [2.75, 3.05) is 26.7 Å². The Morgan fingerprint density at radius 3 is 2.84 bits per heavy atom. The van der Waals surface area contributed by atoms with E-state index in [1.54, 1.807) is 26.4 Å². The predicted octanol–water partition coefficient (Wildman–Crippen LogP) is 0.237. The van der Waals surface area contributed by atoms with Crippen molar-refractivity contribution in [3.8, 4) is 0 Å². The molecule has 0 spiro atoms. The SMILES string of the molecule is CCNCCCN(C)S(=O)(=O)NC(C)c1cn[nH]c1. The lowest BCUT2D eigenvalue weighted by molar-refractivity contribution is 0.439. The monoisotopic (exact) mass is 289 g/mol. The van der Waals surface area contributed by atoms with Crippen LogP contribution in [-0.2, 0) is 10.2 Å². The lowest BCUT2D eigenvalue weighted by atomic mass is 10.2. The van der Waals surface area contributed by atoms with Crippen molar-refractivity contribution in [1.29, 1.82) is 0 Å². The van der Waals surface area contributed by atoms with Gasteiger partial charge < -0.3 is 5.32 Å². The first kappa shape index (κ1) is 16.1. The summed E-state index contributed by atoms with van der Waals surface area (Å²) in [6.07, 6.45) is 4.07. The minimum absolute atomic E-state index is 0.306. The summed E-state index contributed by atoms with van der Waals surface area (Å²) < 4.78 is 28.1. The molecule has 1 heterocycles. The molecule has 1 aromatic rings. The van der Waals surface area contributed by atoms with Crippen LogP contribution < -0.4 is 10.0 Å². The summed E-state index contributed by atoms with van der Waals surface area (Å²) in [4.78, 5) is 0. The van der Waals surface area contributed by atoms with E-state index in [1.807, 2.05) is 6.92 Å². The van der Waals surface area contributed by atoms with Crippen LogP contribution in [0.3, 0.4) is 0 Å². The number of hydrogen-bond acceptors (Lipinski definition) is 4. The smallest absolute Gasteiger partial charge is 0.279 e. The van der Waals surface area contributed by atoms with Gasteiger partial charge in [-0.25, -0.2) is 0 Å². The van der Waals surface area contributed by atoms with Crippen LogP contribution in [0.1, 0.15) is 31.9 Å². The van der Waals surface area contributed by atoms with Gasteiger partial charge >= 0.3 is 0 Å². The first-order valence-corrected chi connectivity index (χ1v) is 7.84. The minimum Gasteiger partial charge on any atom is -0.317 e. The summed E-state index contributed by atoms with van der Waals surface area (Å²) in [5.41, 5.74) is 0.810. The molecule has 19 heavy (non-hydrogen) atoms. The average molecular weight is 289 g/mol. The minimum atomic E-state index is -3.46. The van der Waals surface area contributed by atoms with Gasteiger partial charge in [0.05, 0.1) is 6.20 Å². The predicted molar refractivity (Wildman–Crippen MR) is 74.8 cm³/mol. The summed E-state index contributed by atoms with van der Waals surface area (Å²) >= 11 is 0. The molecule has 0 aliphatic heterocycles. The third-order valence-corrected chi connectivity index (χ3v) is 4.49. The first-order chi connectivity index (χ1) is 8.97. The van der Waals surface area contributed by atoms with E-state index in [0.717, 1.165) is 25.1 Å². The van der Waals surface area contributed by atoms with Gasteiger partial charge in [-0.2, -0.15) is 22.5 Å². The molecule has 0 saturated carbocycles. The third kappa shape index (κ3) is 5.27. The van der Waals surface area contributed by atoms with E-state index in [4.69, 9.17) is 0 Å². The summed E-state index contributed by atoms with van der Waals surface area (Å²) in [6, 6.07) is -0.306. The fraction of sp³-hybridized carbons (Fsp3) is 0.727. The summed E-state index contributed by atoms with van der Waals surface area (Å²) in [7, 11) is -1.88. The van der Waals surface area contributed by atoms with Gasteiger partial charge in [-0.1, -0.05) is 6.92 Å². The van der Waals surface area contributed by atoms with E-state index in [-0.39, 0.29) is 6.04 Å². The van der Waals surface area contributed by atoms with Gasteiger partial charge in [-0.05, 0) is 26.4 Å². The number of nitrogens with zero attached hydrogens (tertiary/aromatic N) is 2. The highest BCUT2D eigenvalue weighted by Gasteiger charge is 2.20. The molecule has 0 radical (unpaired) electrons. The van der Waals surface area contributed by atoms with Gasteiger partial charge in [0.1, 0.15) is 0 Å². The first-order valence-electron chi connectivity index (χ1n) is 6.40. The van der Waals surface area contributed by atoms with Gasteiger partial charge in [0.2, 0.25) is 0 Å². The number of aromatic nitrogens is 2. The van der Waals surface area contributed by atoms with Crippen LogP contribution in [-0.4, -0.2) is 49.6 Å². The van der Waals surface area contributed by atoms with Crippen LogP contribution in [0.4, 0.5) is 0 Å². The Morgan fingerprint density at radius 1 is 1.53 bits per heavy atom.